The fraction of sp³-hybridized carbons (Fsp3) is 0.417. The first-order valence-corrected chi connectivity index (χ1v) is 7.69. The van der Waals surface area contributed by atoms with Gasteiger partial charge in [-0.25, -0.2) is 0 Å². The Kier molecular flexibility index (Phi) is 3.35. The van der Waals surface area contributed by atoms with E-state index in [1.54, 1.807) is 6.07 Å². The largest absolute Gasteiger partial charge is 0.333 e. The van der Waals surface area contributed by atoms with Gasteiger partial charge in [0.2, 0.25) is 0 Å². The zero-order valence-electron chi connectivity index (χ0n) is 9.63. The van der Waals surface area contributed by atoms with E-state index in [9.17, 15) is 0 Å². The molecule has 1 aliphatic heterocycles. The zero-order chi connectivity index (χ0) is 12.4. The molecule has 1 aliphatic rings. The van der Waals surface area contributed by atoms with Gasteiger partial charge in [0.15, 0.2) is 5.82 Å². The molecule has 92 valence electrons. The third-order valence-corrected chi connectivity index (χ3v) is 5.19. The molecule has 0 aliphatic carbocycles. The second-order valence-corrected chi connectivity index (χ2v) is 6.48. The molecule has 2 aromatic rings. The molecule has 0 radical (unpaired) electrons. The van der Waals surface area contributed by atoms with Crippen molar-refractivity contribution in [1.82, 2.24) is 10.1 Å². The van der Waals surface area contributed by atoms with Gasteiger partial charge >= 0.3 is 0 Å². The predicted molar refractivity (Wildman–Crippen MR) is 71.4 cm³/mol. The molecular formula is C12H11N3OS2. The Hall–Kier alpha value is -1.32. The van der Waals surface area contributed by atoms with E-state index in [0.717, 1.165) is 17.1 Å². The van der Waals surface area contributed by atoms with Crippen molar-refractivity contribution in [2.75, 3.05) is 5.75 Å². The second-order valence-electron chi connectivity index (χ2n) is 4.09. The molecule has 1 saturated heterocycles. The standard InChI is InChI=1S/C12H11N3OS2/c13-7-8-4-5-10(18-8)12-14-11(15-16-12)9-3-1-2-6-17-9/h4-5,9H,1-3,6H2. The van der Waals surface area contributed by atoms with Gasteiger partial charge in [0.1, 0.15) is 10.9 Å². The number of aromatic nitrogens is 2. The minimum atomic E-state index is 0.367. The maximum Gasteiger partial charge on any atom is 0.268 e. The maximum atomic E-state index is 8.80. The van der Waals surface area contributed by atoms with Gasteiger partial charge in [-0.3, -0.25) is 0 Å². The van der Waals surface area contributed by atoms with Crippen molar-refractivity contribution in [3.63, 3.8) is 0 Å². The Balaban J connectivity index is 1.82. The third kappa shape index (κ3) is 2.28. The Morgan fingerprint density at radius 2 is 2.33 bits per heavy atom. The molecule has 0 aromatic carbocycles. The van der Waals surface area contributed by atoms with Crippen LogP contribution in [0.5, 0.6) is 0 Å². The molecule has 1 atom stereocenters. The summed E-state index contributed by atoms with van der Waals surface area (Å²) in [5.41, 5.74) is 0. The van der Waals surface area contributed by atoms with Crippen molar-refractivity contribution in [3.05, 3.63) is 22.8 Å². The first kappa shape index (κ1) is 11.8. The van der Waals surface area contributed by atoms with Gasteiger partial charge in [0.05, 0.1) is 10.1 Å². The topological polar surface area (TPSA) is 62.7 Å². The summed E-state index contributed by atoms with van der Waals surface area (Å²) >= 11 is 3.28. The van der Waals surface area contributed by atoms with E-state index in [0.29, 0.717) is 16.0 Å². The van der Waals surface area contributed by atoms with E-state index in [4.69, 9.17) is 9.78 Å². The van der Waals surface area contributed by atoms with Gasteiger partial charge < -0.3 is 4.52 Å². The molecule has 0 N–H and O–H groups in total. The number of hydrogen-bond acceptors (Lipinski definition) is 6. The molecular weight excluding hydrogens is 266 g/mol. The summed E-state index contributed by atoms with van der Waals surface area (Å²) in [6.45, 7) is 0. The van der Waals surface area contributed by atoms with Gasteiger partial charge in [0, 0.05) is 0 Å². The van der Waals surface area contributed by atoms with Crippen LogP contribution >= 0.6 is 23.1 Å². The van der Waals surface area contributed by atoms with Crippen molar-refractivity contribution < 1.29 is 4.52 Å². The lowest BCUT2D eigenvalue weighted by Gasteiger charge is -2.17. The predicted octanol–water partition coefficient (Wildman–Crippen LogP) is 3.63. The van der Waals surface area contributed by atoms with Crippen LogP contribution in [-0.4, -0.2) is 15.9 Å². The van der Waals surface area contributed by atoms with Crippen LogP contribution in [0, 0.1) is 11.3 Å². The van der Waals surface area contributed by atoms with Crippen LogP contribution in [0.3, 0.4) is 0 Å². The fourth-order valence-electron chi connectivity index (χ4n) is 1.92. The average Bonchev–Trinajstić information content (AvgIpc) is 3.08. The highest BCUT2D eigenvalue weighted by atomic mass is 32.2. The molecule has 6 heteroatoms. The number of thiophene rings is 1. The minimum Gasteiger partial charge on any atom is -0.333 e. The summed E-state index contributed by atoms with van der Waals surface area (Å²) in [7, 11) is 0. The molecule has 18 heavy (non-hydrogen) atoms. The van der Waals surface area contributed by atoms with Gasteiger partial charge in [-0.2, -0.15) is 22.0 Å². The van der Waals surface area contributed by atoms with E-state index >= 15 is 0 Å². The van der Waals surface area contributed by atoms with Crippen LogP contribution in [0.1, 0.15) is 35.2 Å². The molecule has 1 fully saturated rings. The van der Waals surface area contributed by atoms with Gasteiger partial charge in [0.25, 0.3) is 5.89 Å². The van der Waals surface area contributed by atoms with Crippen molar-refractivity contribution in [1.29, 1.82) is 5.26 Å². The molecule has 4 nitrogen and oxygen atoms in total. The maximum absolute atomic E-state index is 8.80. The summed E-state index contributed by atoms with van der Waals surface area (Å²) in [6.07, 6.45) is 3.64. The molecule has 3 rings (SSSR count). The third-order valence-electron chi connectivity index (χ3n) is 2.84. The van der Waals surface area contributed by atoms with E-state index in [-0.39, 0.29) is 0 Å². The molecule has 3 heterocycles. The Morgan fingerprint density at radius 3 is 3.06 bits per heavy atom. The molecule has 0 bridgehead atoms. The molecule has 2 aromatic heterocycles. The van der Waals surface area contributed by atoms with Gasteiger partial charge in [-0.05, 0) is 30.7 Å². The van der Waals surface area contributed by atoms with E-state index in [2.05, 4.69) is 16.2 Å². The lowest BCUT2D eigenvalue weighted by atomic mass is 10.2. The molecule has 0 spiro atoms. The van der Waals surface area contributed by atoms with Crippen LogP contribution in [0.2, 0.25) is 0 Å². The Morgan fingerprint density at radius 1 is 1.39 bits per heavy atom. The zero-order valence-corrected chi connectivity index (χ0v) is 11.3. The van der Waals surface area contributed by atoms with Crippen molar-refractivity contribution in [2.45, 2.75) is 24.5 Å². The Bertz CT molecular complexity index is 578. The summed E-state index contributed by atoms with van der Waals surface area (Å²) in [5, 5.41) is 13.2. The summed E-state index contributed by atoms with van der Waals surface area (Å²) in [6, 6.07) is 5.74. The summed E-state index contributed by atoms with van der Waals surface area (Å²) < 4.78 is 5.29. The van der Waals surface area contributed by atoms with Crippen LogP contribution in [-0.2, 0) is 0 Å². The van der Waals surface area contributed by atoms with Crippen LogP contribution in [0.25, 0.3) is 10.8 Å². The number of rotatable bonds is 2. The lowest BCUT2D eigenvalue weighted by Crippen LogP contribution is -2.03. The number of nitriles is 1. The van der Waals surface area contributed by atoms with Crippen LogP contribution < -0.4 is 0 Å². The first-order chi connectivity index (χ1) is 8.86. The molecule has 0 saturated carbocycles. The van der Waals surface area contributed by atoms with Gasteiger partial charge in [-0.15, -0.1) is 11.3 Å². The highest BCUT2D eigenvalue weighted by molar-refractivity contribution is 7.99. The fourth-order valence-corrected chi connectivity index (χ4v) is 3.88. The van der Waals surface area contributed by atoms with E-state index in [1.807, 2.05) is 17.8 Å². The second kappa shape index (κ2) is 5.12. The van der Waals surface area contributed by atoms with Crippen molar-refractivity contribution in [3.8, 4) is 16.8 Å². The lowest BCUT2D eigenvalue weighted by molar-refractivity contribution is 0.421. The van der Waals surface area contributed by atoms with Crippen molar-refractivity contribution >= 4 is 23.1 Å². The van der Waals surface area contributed by atoms with E-state index in [1.165, 1.54) is 29.9 Å². The Labute approximate surface area is 113 Å². The molecule has 0 amide bonds. The highest BCUT2D eigenvalue weighted by Crippen LogP contribution is 2.37. The number of hydrogen-bond donors (Lipinski definition) is 0. The number of thioether (sulfide) groups is 1. The van der Waals surface area contributed by atoms with Crippen LogP contribution in [0.15, 0.2) is 16.7 Å². The average molecular weight is 277 g/mol. The molecule has 1 unspecified atom stereocenters. The highest BCUT2D eigenvalue weighted by Gasteiger charge is 2.22. The van der Waals surface area contributed by atoms with Crippen LogP contribution in [0.4, 0.5) is 0 Å². The smallest absolute Gasteiger partial charge is 0.268 e. The normalized spacial score (nSPS) is 19.6. The van der Waals surface area contributed by atoms with Crippen molar-refractivity contribution in [2.24, 2.45) is 0 Å². The van der Waals surface area contributed by atoms with Gasteiger partial charge in [-0.1, -0.05) is 11.6 Å². The number of nitrogens with zero attached hydrogens (tertiary/aromatic N) is 3. The summed E-state index contributed by atoms with van der Waals surface area (Å²) in [4.78, 5) is 5.98. The van der Waals surface area contributed by atoms with E-state index < -0.39 is 0 Å². The SMILES string of the molecule is N#Cc1ccc(-c2nc(C3CCCCS3)no2)s1. The monoisotopic (exact) mass is 277 g/mol. The first-order valence-electron chi connectivity index (χ1n) is 5.82. The minimum absolute atomic E-state index is 0.367. The quantitative estimate of drug-likeness (QED) is 0.838. The summed E-state index contributed by atoms with van der Waals surface area (Å²) in [5.74, 6) is 2.50.